The van der Waals surface area contributed by atoms with E-state index in [0.717, 1.165) is 31.7 Å². The molecular formula is C14H23N3O3. The number of rotatable bonds is 9. The molecule has 1 aromatic carbocycles. The Bertz CT molecular complexity index is 436. The van der Waals surface area contributed by atoms with Crippen LogP contribution in [0.25, 0.3) is 0 Å². The molecule has 0 aromatic heterocycles. The van der Waals surface area contributed by atoms with Crippen molar-refractivity contribution < 1.29 is 9.66 Å². The lowest BCUT2D eigenvalue weighted by Gasteiger charge is -2.12. The molecule has 112 valence electrons. The van der Waals surface area contributed by atoms with Gasteiger partial charge in [0.25, 0.3) is 0 Å². The van der Waals surface area contributed by atoms with Crippen molar-refractivity contribution in [3.05, 3.63) is 28.3 Å². The molecule has 0 saturated carbocycles. The number of anilines is 1. The molecule has 0 aliphatic heterocycles. The van der Waals surface area contributed by atoms with Crippen molar-refractivity contribution >= 4 is 11.4 Å². The minimum atomic E-state index is -0.426. The van der Waals surface area contributed by atoms with Crippen LogP contribution >= 0.6 is 0 Å². The zero-order valence-electron chi connectivity index (χ0n) is 12.3. The first-order valence-corrected chi connectivity index (χ1v) is 6.94. The van der Waals surface area contributed by atoms with E-state index in [1.54, 1.807) is 12.1 Å². The second-order valence-corrected chi connectivity index (χ2v) is 4.78. The van der Waals surface area contributed by atoms with Crippen LogP contribution in [-0.4, -0.2) is 30.7 Å². The van der Waals surface area contributed by atoms with E-state index in [1.807, 2.05) is 13.8 Å². The van der Waals surface area contributed by atoms with Gasteiger partial charge in [-0.3, -0.25) is 10.1 Å². The number of hydrogen-bond donors (Lipinski definition) is 2. The average molecular weight is 281 g/mol. The highest BCUT2D eigenvalue weighted by molar-refractivity contribution is 5.58. The van der Waals surface area contributed by atoms with Gasteiger partial charge in [0.1, 0.15) is 0 Å². The summed E-state index contributed by atoms with van der Waals surface area (Å²) >= 11 is 0. The van der Waals surface area contributed by atoms with E-state index in [4.69, 9.17) is 4.74 Å². The van der Waals surface area contributed by atoms with Gasteiger partial charge in [-0.25, -0.2) is 0 Å². The summed E-state index contributed by atoms with van der Waals surface area (Å²) in [4.78, 5) is 10.5. The molecule has 6 heteroatoms. The molecule has 0 bridgehead atoms. The molecule has 1 rings (SSSR count). The average Bonchev–Trinajstić information content (AvgIpc) is 2.37. The molecule has 0 aliphatic rings. The van der Waals surface area contributed by atoms with E-state index in [2.05, 4.69) is 17.6 Å². The van der Waals surface area contributed by atoms with Gasteiger partial charge in [0.05, 0.1) is 11.0 Å². The monoisotopic (exact) mass is 281 g/mol. The molecule has 0 heterocycles. The quantitative estimate of drug-likeness (QED) is 0.413. The smallest absolute Gasteiger partial charge is 0.311 e. The Morgan fingerprint density at radius 2 is 2.05 bits per heavy atom. The standard InChI is InChI=1S/C14H23N3O3/c1-4-7-15-8-9-16-12-5-6-13(17(18)19)14(10-12)20-11(2)3/h5-6,10-11,15-16H,4,7-9H2,1-3H3. The van der Waals surface area contributed by atoms with Crippen LogP contribution < -0.4 is 15.4 Å². The lowest BCUT2D eigenvalue weighted by Crippen LogP contribution is -2.22. The summed E-state index contributed by atoms with van der Waals surface area (Å²) in [6, 6.07) is 4.85. The predicted molar refractivity (Wildman–Crippen MR) is 80.5 cm³/mol. The summed E-state index contributed by atoms with van der Waals surface area (Å²) < 4.78 is 5.49. The summed E-state index contributed by atoms with van der Waals surface area (Å²) in [5, 5.41) is 17.4. The molecule has 0 spiro atoms. The van der Waals surface area contributed by atoms with Gasteiger partial charge in [0, 0.05) is 30.9 Å². The maximum absolute atomic E-state index is 10.9. The number of ether oxygens (including phenoxy) is 1. The third-order valence-electron chi connectivity index (χ3n) is 2.58. The molecule has 2 N–H and O–H groups in total. The number of benzene rings is 1. The van der Waals surface area contributed by atoms with Crippen LogP contribution in [0.5, 0.6) is 5.75 Å². The molecule has 0 aliphatic carbocycles. The van der Waals surface area contributed by atoms with Crippen LogP contribution in [0.15, 0.2) is 18.2 Å². The molecule has 0 fully saturated rings. The number of nitrogens with zero attached hydrogens (tertiary/aromatic N) is 1. The Balaban J connectivity index is 2.66. The lowest BCUT2D eigenvalue weighted by molar-refractivity contribution is -0.386. The fourth-order valence-electron chi connectivity index (χ4n) is 1.72. The highest BCUT2D eigenvalue weighted by Crippen LogP contribution is 2.30. The van der Waals surface area contributed by atoms with Gasteiger partial charge in [-0.2, -0.15) is 0 Å². The van der Waals surface area contributed by atoms with E-state index in [0.29, 0.717) is 5.75 Å². The van der Waals surface area contributed by atoms with Crippen molar-refractivity contribution in [1.82, 2.24) is 5.32 Å². The topological polar surface area (TPSA) is 76.4 Å². The second kappa shape index (κ2) is 8.37. The number of hydrogen-bond acceptors (Lipinski definition) is 5. The van der Waals surface area contributed by atoms with E-state index in [9.17, 15) is 10.1 Å². The number of nitro benzene ring substituents is 1. The van der Waals surface area contributed by atoms with Gasteiger partial charge in [-0.15, -0.1) is 0 Å². The molecule has 20 heavy (non-hydrogen) atoms. The van der Waals surface area contributed by atoms with Crippen LogP contribution in [-0.2, 0) is 0 Å². The minimum absolute atomic E-state index is 0.00615. The first-order chi connectivity index (χ1) is 9.54. The molecule has 0 amide bonds. The predicted octanol–water partition coefficient (Wildman–Crippen LogP) is 2.79. The molecule has 0 saturated heterocycles. The zero-order chi connectivity index (χ0) is 15.0. The minimum Gasteiger partial charge on any atom is -0.484 e. The zero-order valence-corrected chi connectivity index (χ0v) is 12.3. The van der Waals surface area contributed by atoms with Gasteiger partial charge < -0.3 is 15.4 Å². The summed E-state index contributed by atoms with van der Waals surface area (Å²) in [6.45, 7) is 8.41. The van der Waals surface area contributed by atoms with E-state index in [1.165, 1.54) is 6.07 Å². The maximum atomic E-state index is 10.9. The maximum Gasteiger partial charge on any atom is 0.311 e. The Labute approximate surface area is 119 Å². The summed E-state index contributed by atoms with van der Waals surface area (Å²) in [7, 11) is 0. The van der Waals surface area contributed by atoms with Crippen LogP contribution in [0.3, 0.4) is 0 Å². The second-order valence-electron chi connectivity index (χ2n) is 4.78. The van der Waals surface area contributed by atoms with E-state index < -0.39 is 4.92 Å². The van der Waals surface area contributed by atoms with Crippen molar-refractivity contribution in [2.45, 2.75) is 33.3 Å². The van der Waals surface area contributed by atoms with Crippen molar-refractivity contribution in [3.8, 4) is 5.75 Å². The first kappa shape index (κ1) is 16.2. The van der Waals surface area contributed by atoms with Gasteiger partial charge in [-0.05, 0) is 32.9 Å². The van der Waals surface area contributed by atoms with Crippen molar-refractivity contribution in [2.24, 2.45) is 0 Å². The highest BCUT2D eigenvalue weighted by atomic mass is 16.6. The Morgan fingerprint density at radius 3 is 2.65 bits per heavy atom. The number of nitrogens with one attached hydrogen (secondary N) is 2. The largest absolute Gasteiger partial charge is 0.484 e. The lowest BCUT2D eigenvalue weighted by atomic mass is 10.2. The normalized spacial score (nSPS) is 10.6. The van der Waals surface area contributed by atoms with E-state index >= 15 is 0 Å². The molecule has 6 nitrogen and oxygen atoms in total. The molecule has 0 unspecified atom stereocenters. The van der Waals surface area contributed by atoms with Crippen LogP contribution in [0, 0.1) is 10.1 Å². The summed E-state index contributed by atoms with van der Waals surface area (Å²) in [5.74, 6) is 0.302. The Kier molecular flexibility index (Phi) is 6.79. The van der Waals surface area contributed by atoms with Crippen LogP contribution in [0.2, 0.25) is 0 Å². The van der Waals surface area contributed by atoms with Crippen LogP contribution in [0.1, 0.15) is 27.2 Å². The molecule has 0 radical (unpaired) electrons. The van der Waals surface area contributed by atoms with Crippen molar-refractivity contribution in [1.29, 1.82) is 0 Å². The Hall–Kier alpha value is -1.82. The van der Waals surface area contributed by atoms with Gasteiger partial charge in [0.2, 0.25) is 0 Å². The molecule has 1 aromatic rings. The van der Waals surface area contributed by atoms with Gasteiger partial charge in [-0.1, -0.05) is 6.92 Å². The fourth-order valence-corrected chi connectivity index (χ4v) is 1.72. The van der Waals surface area contributed by atoms with Gasteiger partial charge in [0.15, 0.2) is 5.75 Å². The highest BCUT2D eigenvalue weighted by Gasteiger charge is 2.16. The first-order valence-electron chi connectivity index (χ1n) is 6.94. The van der Waals surface area contributed by atoms with Crippen molar-refractivity contribution in [3.63, 3.8) is 0 Å². The number of nitro groups is 1. The van der Waals surface area contributed by atoms with Gasteiger partial charge >= 0.3 is 5.69 Å². The third kappa shape index (κ3) is 5.44. The molecule has 0 atom stereocenters. The fraction of sp³-hybridized carbons (Fsp3) is 0.571. The summed E-state index contributed by atoms with van der Waals surface area (Å²) in [6.07, 6.45) is 0.999. The molecular weight excluding hydrogens is 258 g/mol. The SMILES string of the molecule is CCCNCCNc1ccc([N+](=O)[O-])c(OC(C)C)c1. The summed E-state index contributed by atoms with van der Waals surface area (Å²) in [5.41, 5.74) is 0.818. The third-order valence-corrected chi connectivity index (χ3v) is 2.58. The Morgan fingerprint density at radius 1 is 1.30 bits per heavy atom. The van der Waals surface area contributed by atoms with E-state index in [-0.39, 0.29) is 11.8 Å². The van der Waals surface area contributed by atoms with Crippen LogP contribution in [0.4, 0.5) is 11.4 Å². The van der Waals surface area contributed by atoms with Crippen molar-refractivity contribution in [2.75, 3.05) is 25.0 Å².